The van der Waals surface area contributed by atoms with Crippen molar-refractivity contribution >= 4 is 45.7 Å². The Morgan fingerprint density at radius 2 is 1.84 bits per heavy atom. The lowest BCUT2D eigenvalue weighted by Gasteiger charge is -2.26. The summed E-state index contributed by atoms with van der Waals surface area (Å²) in [6, 6.07) is 13.2. The number of para-hydroxylation sites is 1. The molecule has 2 heterocycles. The first-order valence-corrected chi connectivity index (χ1v) is 14.1. The molecule has 0 aliphatic heterocycles. The van der Waals surface area contributed by atoms with Crippen molar-refractivity contribution in [2.75, 3.05) is 77.1 Å². The standard InChI is InChI=1S/C32H40N8O4/c1-8-28(41)35-23-19-24(27(44-7)20-26(23)39(4)17-16-38(2)3)37-32-34-14-13-22(36-32)29-21-11-9-10-12-25(21)40(5)30(29)31(42)33-15-18-43-6/h8-14,19-20H,1,15-18H2,2-7H3,(H,33,42)(H,35,41)(H,34,36,37). The Labute approximate surface area is 257 Å². The van der Waals surface area contributed by atoms with Gasteiger partial charge in [0.2, 0.25) is 11.9 Å². The highest BCUT2D eigenvalue weighted by molar-refractivity contribution is 6.10. The van der Waals surface area contributed by atoms with Crippen LogP contribution in [0, 0.1) is 0 Å². The van der Waals surface area contributed by atoms with Crippen molar-refractivity contribution < 1.29 is 19.1 Å². The number of hydrogen-bond acceptors (Lipinski definition) is 9. The SMILES string of the molecule is C=CC(=O)Nc1cc(Nc2nccc(-c3c(C(=O)NCCOC)n(C)c4ccccc34)n2)c(OC)cc1N(C)CCN(C)C. The molecule has 0 unspecified atom stereocenters. The first-order valence-electron chi connectivity index (χ1n) is 14.1. The summed E-state index contributed by atoms with van der Waals surface area (Å²) in [6.07, 6.45) is 2.86. The molecule has 4 rings (SSSR count). The van der Waals surface area contributed by atoms with E-state index >= 15 is 0 Å². The van der Waals surface area contributed by atoms with E-state index in [9.17, 15) is 9.59 Å². The lowest BCUT2D eigenvalue weighted by molar-refractivity contribution is -0.111. The smallest absolute Gasteiger partial charge is 0.268 e. The highest BCUT2D eigenvalue weighted by Gasteiger charge is 2.24. The summed E-state index contributed by atoms with van der Waals surface area (Å²) >= 11 is 0. The molecular formula is C32H40N8O4. The molecule has 4 aromatic rings. The molecular weight excluding hydrogens is 560 g/mol. The number of carbonyl (C=O) groups excluding carboxylic acids is 2. The van der Waals surface area contributed by atoms with E-state index in [0.29, 0.717) is 47.2 Å². The van der Waals surface area contributed by atoms with Crippen molar-refractivity contribution in [3.05, 3.63) is 67.0 Å². The molecule has 0 aliphatic rings. The van der Waals surface area contributed by atoms with Crippen molar-refractivity contribution in [2.24, 2.45) is 7.05 Å². The lowest BCUT2D eigenvalue weighted by atomic mass is 10.1. The molecule has 0 bridgehead atoms. The summed E-state index contributed by atoms with van der Waals surface area (Å²) < 4.78 is 12.7. The van der Waals surface area contributed by atoms with Gasteiger partial charge in [-0.3, -0.25) is 9.59 Å². The molecule has 0 aliphatic carbocycles. The van der Waals surface area contributed by atoms with Crippen molar-refractivity contribution in [3.8, 4) is 17.0 Å². The second-order valence-corrected chi connectivity index (χ2v) is 10.4. The normalized spacial score (nSPS) is 11.0. The molecule has 0 saturated heterocycles. The average molecular weight is 601 g/mol. The second-order valence-electron chi connectivity index (χ2n) is 10.4. The first kappa shape index (κ1) is 32.0. The number of anilines is 4. The number of aryl methyl sites for hydroxylation is 1. The van der Waals surface area contributed by atoms with Gasteiger partial charge in [-0.1, -0.05) is 24.8 Å². The van der Waals surface area contributed by atoms with E-state index in [0.717, 1.165) is 29.7 Å². The first-order chi connectivity index (χ1) is 21.2. The van der Waals surface area contributed by atoms with Gasteiger partial charge >= 0.3 is 0 Å². The Bertz CT molecular complexity index is 1650. The van der Waals surface area contributed by atoms with Gasteiger partial charge in [0.25, 0.3) is 5.91 Å². The number of hydrogen-bond donors (Lipinski definition) is 3. The van der Waals surface area contributed by atoms with Crippen LogP contribution >= 0.6 is 0 Å². The van der Waals surface area contributed by atoms with Gasteiger partial charge < -0.3 is 39.8 Å². The van der Waals surface area contributed by atoms with Crippen LogP contribution in [-0.2, 0) is 16.6 Å². The maximum absolute atomic E-state index is 13.4. The number of nitrogens with zero attached hydrogens (tertiary/aromatic N) is 5. The zero-order valence-electron chi connectivity index (χ0n) is 26.1. The predicted molar refractivity (Wildman–Crippen MR) is 175 cm³/mol. The van der Waals surface area contributed by atoms with Gasteiger partial charge in [-0.25, -0.2) is 9.97 Å². The number of rotatable bonds is 14. The van der Waals surface area contributed by atoms with Gasteiger partial charge in [0, 0.05) is 69.6 Å². The van der Waals surface area contributed by atoms with E-state index in [2.05, 4.69) is 32.4 Å². The summed E-state index contributed by atoms with van der Waals surface area (Å²) in [7, 11) is 11.0. The van der Waals surface area contributed by atoms with Crippen LogP contribution in [0.3, 0.4) is 0 Å². The third-order valence-electron chi connectivity index (χ3n) is 7.13. The van der Waals surface area contributed by atoms with Crippen LogP contribution < -0.4 is 25.6 Å². The number of aromatic nitrogens is 3. The fourth-order valence-electron chi connectivity index (χ4n) is 4.85. The van der Waals surface area contributed by atoms with Gasteiger partial charge in [-0.2, -0.15) is 0 Å². The molecule has 0 spiro atoms. The minimum absolute atomic E-state index is 0.234. The van der Waals surface area contributed by atoms with Gasteiger partial charge in [0.05, 0.1) is 36.5 Å². The zero-order valence-corrected chi connectivity index (χ0v) is 26.1. The number of ether oxygens (including phenoxy) is 2. The number of likely N-dealkylation sites (N-methyl/N-ethyl adjacent to an activating group) is 2. The number of methoxy groups -OCH3 is 2. The number of benzene rings is 2. The minimum Gasteiger partial charge on any atom is -0.494 e. The van der Waals surface area contributed by atoms with E-state index in [1.165, 1.54) is 6.08 Å². The average Bonchev–Trinajstić information content (AvgIpc) is 3.32. The predicted octanol–water partition coefficient (Wildman–Crippen LogP) is 3.89. The van der Waals surface area contributed by atoms with Crippen LogP contribution in [0.4, 0.5) is 23.0 Å². The zero-order chi connectivity index (χ0) is 31.8. The van der Waals surface area contributed by atoms with Crippen molar-refractivity contribution in [1.29, 1.82) is 0 Å². The van der Waals surface area contributed by atoms with E-state index in [1.54, 1.807) is 32.5 Å². The molecule has 232 valence electrons. The summed E-state index contributed by atoms with van der Waals surface area (Å²) in [5.41, 5.74) is 4.51. The molecule has 0 radical (unpaired) electrons. The topological polar surface area (TPSA) is 126 Å². The van der Waals surface area contributed by atoms with Crippen LogP contribution in [0.25, 0.3) is 22.2 Å². The third kappa shape index (κ3) is 7.16. The van der Waals surface area contributed by atoms with E-state index in [-0.39, 0.29) is 17.8 Å². The molecule has 12 nitrogen and oxygen atoms in total. The number of amides is 2. The summed E-state index contributed by atoms with van der Waals surface area (Å²) in [4.78, 5) is 39.1. The summed E-state index contributed by atoms with van der Waals surface area (Å²) in [5.74, 6) is 0.246. The number of carbonyl (C=O) groups is 2. The second kappa shape index (κ2) is 14.5. The Morgan fingerprint density at radius 1 is 1.07 bits per heavy atom. The highest BCUT2D eigenvalue weighted by Crippen LogP contribution is 2.39. The van der Waals surface area contributed by atoms with Crippen LogP contribution in [0.2, 0.25) is 0 Å². The Hall–Kier alpha value is -4.94. The maximum Gasteiger partial charge on any atom is 0.268 e. The number of nitrogens with one attached hydrogen (secondary N) is 3. The van der Waals surface area contributed by atoms with E-state index < -0.39 is 0 Å². The van der Waals surface area contributed by atoms with Gasteiger partial charge in [-0.05, 0) is 38.4 Å². The lowest BCUT2D eigenvalue weighted by Crippen LogP contribution is -2.29. The van der Waals surface area contributed by atoms with Crippen LogP contribution in [-0.4, -0.2) is 92.9 Å². The van der Waals surface area contributed by atoms with Crippen molar-refractivity contribution in [1.82, 2.24) is 24.8 Å². The Balaban J connectivity index is 1.76. The van der Waals surface area contributed by atoms with E-state index in [1.807, 2.05) is 68.0 Å². The molecule has 44 heavy (non-hydrogen) atoms. The Morgan fingerprint density at radius 3 is 2.55 bits per heavy atom. The molecule has 3 N–H and O–H groups in total. The molecule has 12 heteroatoms. The maximum atomic E-state index is 13.4. The van der Waals surface area contributed by atoms with Gasteiger partial charge in [0.15, 0.2) is 0 Å². The Kier molecular flexibility index (Phi) is 10.5. The summed E-state index contributed by atoms with van der Waals surface area (Å²) in [6.45, 7) is 5.89. The molecule has 0 atom stereocenters. The largest absolute Gasteiger partial charge is 0.494 e. The van der Waals surface area contributed by atoms with Gasteiger partial charge in [-0.15, -0.1) is 0 Å². The fraction of sp³-hybridized carbons (Fsp3) is 0.312. The third-order valence-corrected chi connectivity index (χ3v) is 7.13. The quantitative estimate of drug-likeness (QED) is 0.146. The summed E-state index contributed by atoms with van der Waals surface area (Å²) in [5, 5.41) is 9.97. The highest BCUT2D eigenvalue weighted by atomic mass is 16.5. The molecule has 2 aromatic heterocycles. The molecule has 2 amide bonds. The molecule has 2 aromatic carbocycles. The molecule has 0 fully saturated rings. The minimum atomic E-state index is -0.339. The van der Waals surface area contributed by atoms with Crippen LogP contribution in [0.15, 0.2) is 61.3 Å². The van der Waals surface area contributed by atoms with Crippen molar-refractivity contribution in [2.45, 2.75) is 0 Å². The van der Waals surface area contributed by atoms with Gasteiger partial charge in [0.1, 0.15) is 11.4 Å². The fourth-order valence-corrected chi connectivity index (χ4v) is 4.85. The van der Waals surface area contributed by atoms with Crippen molar-refractivity contribution in [3.63, 3.8) is 0 Å². The number of fused-ring (bicyclic) bond motifs is 1. The van der Waals surface area contributed by atoms with Crippen LogP contribution in [0.1, 0.15) is 10.5 Å². The van der Waals surface area contributed by atoms with Crippen LogP contribution in [0.5, 0.6) is 5.75 Å². The monoisotopic (exact) mass is 600 g/mol. The molecule has 0 saturated carbocycles. The van der Waals surface area contributed by atoms with E-state index in [4.69, 9.17) is 14.5 Å².